The van der Waals surface area contributed by atoms with Gasteiger partial charge in [0.1, 0.15) is 22.9 Å². The van der Waals surface area contributed by atoms with Crippen molar-refractivity contribution >= 4 is 23.1 Å². The predicted octanol–water partition coefficient (Wildman–Crippen LogP) is 3.39. The first-order valence-corrected chi connectivity index (χ1v) is 8.05. The zero-order valence-corrected chi connectivity index (χ0v) is 13.7. The Morgan fingerprint density at radius 2 is 2.00 bits per heavy atom. The standard InChI is InChI=1S/C17H18ClN5/c1-12-20-16(18)10-17(21-12)23-8-6-14(7-9-23)22-15-5-3-2-4-13(15)11-19/h2-5,10,14,22H,6-9H2,1H3. The maximum atomic E-state index is 9.17. The van der Waals surface area contributed by atoms with Crippen LogP contribution < -0.4 is 10.2 Å². The maximum Gasteiger partial charge on any atom is 0.134 e. The van der Waals surface area contributed by atoms with Crippen LogP contribution in [0.1, 0.15) is 24.2 Å². The van der Waals surface area contributed by atoms with Crippen LogP contribution in [0.25, 0.3) is 0 Å². The van der Waals surface area contributed by atoms with Crippen molar-refractivity contribution in [2.45, 2.75) is 25.8 Å². The van der Waals surface area contributed by atoms with E-state index in [1.807, 2.05) is 37.3 Å². The SMILES string of the molecule is Cc1nc(Cl)cc(N2CCC(Nc3ccccc3C#N)CC2)n1. The number of para-hydroxylation sites is 1. The fourth-order valence-corrected chi connectivity index (χ4v) is 3.08. The molecule has 0 atom stereocenters. The number of hydrogen-bond donors (Lipinski definition) is 1. The van der Waals surface area contributed by atoms with Crippen LogP contribution in [0.5, 0.6) is 0 Å². The lowest BCUT2D eigenvalue weighted by atomic mass is 10.0. The van der Waals surface area contributed by atoms with E-state index in [0.717, 1.165) is 37.4 Å². The second-order valence-electron chi connectivity index (χ2n) is 5.66. The van der Waals surface area contributed by atoms with Crippen molar-refractivity contribution in [3.05, 3.63) is 46.9 Å². The summed E-state index contributed by atoms with van der Waals surface area (Å²) in [7, 11) is 0. The highest BCUT2D eigenvalue weighted by Crippen LogP contribution is 2.23. The molecule has 1 fully saturated rings. The Balaban J connectivity index is 1.63. The fraction of sp³-hybridized carbons (Fsp3) is 0.353. The highest BCUT2D eigenvalue weighted by Gasteiger charge is 2.21. The van der Waals surface area contributed by atoms with Gasteiger partial charge in [-0.3, -0.25) is 0 Å². The summed E-state index contributed by atoms with van der Waals surface area (Å²) in [6, 6.07) is 12.0. The number of rotatable bonds is 3. The molecule has 0 spiro atoms. The van der Waals surface area contributed by atoms with Gasteiger partial charge in [-0.05, 0) is 31.9 Å². The van der Waals surface area contributed by atoms with Gasteiger partial charge in [-0.2, -0.15) is 5.26 Å². The number of benzene rings is 1. The molecule has 6 heteroatoms. The molecule has 1 aromatic heterocycles. The third kappa shape index (κ3) is 3.72. The normalized spacial score (nSPS) is 15.3. The average molecular weight is 328 g/mol. The van der Waals surface area contributed by atoms with E-state index in [-0.39, 0.29) is 0 Å². The molecule has 0 saturated carbocycles. The third-order valence-corrected chi connectivity index (χ3v) is 4.21. The smallest absolute Gasteiger partial charge is 0.134 e. The summed E-state index contributed by atoms with van der Waals surface area (Å²) in [5, 5.41) is 13.1. The van der Waals surface area contributed by atoms with E-state index in [9.17, 15) is 0 Å². The molecule has 0 amide bonds. The lowest BCUT2D eigenvalue weighted by molar-refractivity contribution is 0.523. The minimum absolute atomic E-state index is 0.360. The molecule has 1 aliphatic heterocycles. The monoisotopic (exact) mass is 327 g/mol. The molecular weight excluding hydrogens is 310 g/mol. The minimum Gasteiger partial charge on any atom is -0.381 e. The average Bonchev–Trinajstić information content (AvgIpc) is 2.55. The number of hydrogen-bond acceptors (Lipinski definition) is 5. The number of nitrogens with one attached hydrogen (secondary N) is 1. The van der Waals surface area contributed by atoms with Crippen LogP contribution in [0, 0.1) is 18.3 Å². The Morgan fingerprint density at radius 3 is 2.70 bits per heavy atom. The van der Waals surface area contributed by atoms with E-state index in [2.05, 4.69) is 26.3 Å². The van der Waals surface area contributed by atoms with Gasteiger partial charge in [0.15, 0.2) is 0 Å². The molecule has 0 bridgehead atoms. The zero-order valence-electron chi connectivity index (χ0n) is 13.0. The van der Waals surface area contributed by atoms with Crippen molar-refractivity contribution in [3.63, 3.8) is 0 Å². The van der Waals surface area contributed by atoms with Gasteiger partial charge in [0.2, 0.25) is 0 Å². The lowest BCUT2D eigenvalue weighted by Gasteiger charge is -2.33. The van der Waals surface area contributed by atoms with E-state index in [1.165, 1.54) is 0 Å². The maximum absolute atomic E-state index is 9.17. The van der Waals surface area contributed by atoms with Crippen LogP contribution >= 0.6 is 11.6 Å². The predicted molar refractivity (Wildman–Crippen MR) is 91.8 cm³/mol. The van der Waals surface area contributed by atoms with Crippen molar-refractivity contribution in [2.75, 3.05) is 23.3 Å². The summed E-state index contributed by atoms with van der Waals surface area (Å²) in [6.45, 7) is 3.65. The van der Waals surface area contributed by atoms with E-state index in [4.69, 9.17) is 16.9 Å². The van der Waals surface area contributed by atoms with Gasteiger partial charge in [0, 0.05) is 25.2 Å². The van der Waals surface area contributed by atoms with Crippen LogP contribution in [-0.4, -0.2) is 29.1 Å². The molecule has 1 aromatic carbocycles. The molecule has 23 heavy (non-hydrogen) atoms. The number of piperidine rings is 1. The number of halogens is 1. The Labute approximate surface area is 140 Å². The highest BCUT2D eigenvalue weighted by atomic mass is 35.5. The summed E-state index contributed by atoms with van der Waals surface area (Å²) in [4.78, 5) is 10.8. The molecule has 0 radical (unpaired) electrons. The van der Waals surface area contributed by atoms with Gasteiger partial charge < -0.3 is 10.2 Å². The van der Waals surface area contributed by atoms with Gasteiger partial charge in [-0.15, -0.1) is 0 Å². The number of aromatic nitrogens is 2. The van der Waals surface area contributed by atoms with E-state index < -0.39 is 0 Å². The lowest BCUT2D eigenvalue weighted by Crippen LogP contribution is -2.39. The Bertz CT molecular complexity index is 712. The molecule has 1 N–H and O–H groups in total. The van der Waals surface area contributed by atoms with Crippen molar-refractivity contribution < 1.29 is 0 Å². The van der Waals surface area contributed by atoms with Crippen LogP contribution in [-0.2, 0) is 0 Å². The van der Waals surface area contributed by atoms with Crippen molar-refractivity contribution in [1.82, 2.24) is 9.97 Å². The fourth-order valence-electron chi connectivity index (χ4n) is 2.86. The number of nitriles is 1. The first-order valence-electron chi connectivity index (χ1n) is 7.67. The number of aryl methyl sites for hydroxylation is 1. The Hall–Kier alpha value is -2.32. The number of anilines is 2. The third-order valence-electron chi connectivity index (χ3n) is 4.02. The van der Waals surface area contributed by atoms with Gasteiger partial charge in [-0.1, -0.05) is 23.7 Å². The summed E-state index contributed by atoms with van der Waals surface area (Å²) in [5.41, 5.74) is 1.60. The largest absolute Gasteiger partial charge is 0.381 e. The molecular formula is C17H18ClN5. The van der Waals surface area contributed by atoms with Gasteiger partial charge >= 0.3 is 0 Å². The first-order chi connectivity index (χ1) is 11.2. The van der Waals surface area contributed by atoms with E-state index >= 15 is 0 Å². The summed E-state index contributed by atoms with van der Waals surface area (Å²) < 4.78 is 0. The van der Waals surface area contributed by atoms with E-state index in [1.54, 1.807) is 0 Å². The molecule has 0 aliphatic carbocycles. The molecule has 118 valence electrons. The summed E-state index contributed by atoms with van der Waals surface area (Å²) >= 11 is 6.02. The van der Waals surface area contributed by atoms with Crippen molar-refractivity contribution in [1.29, 1.82) is 5.26 Å². The number of nitrogens with zero attached hydrogens (tertiary/aromatic N) is 4. The van der Waals surface area contributed by atoms with Crippen molar-refractivity contribution in [2.24, 2.45) is 0 Å². The zero-order chi connectivity index (χ0) is 16.2. The van der Waals surface area contributed by atoms with Crippen LogP contribution in [0.3, 0.4) is 0 Å². The summed E-state index contributed by atoms with van der Waals surface area (Å²) in [6.07, 6.45) is 1.97. The van der Waals surface area contributed by atoms with Crippen LogP contribution in [0.2, 0.25) is 5.15 Å². The Kier molecular flexibility index (Phi) is 4.63. The van der Waals surface area contributed by atoms with Gasteiger partial charge in [0.25, 0.3) is 0 Å². The van der Waals surface area contributed by atoms with Gasteiger partial charge in [0.05, 0.1) is 11.3 Å². The molecule has 0 unspecified atom stereocenters. The molecule has 2 aromatic rings. The summed E-state index contributed by atoms with van der Waals surface area (Å²) in [5.74, 6) is 1.58. The molecule has 5 nitrogen and oxygen atoms in total. The van der Waals surface area contributed by atoms with Crippen LogP contribution in [0.15, 0.2) is 30.3 Å². The molecule has 3 rings (SSSR count). The van der Waals surface area contributed by atoms with Crippen LogP contribution in [0.4, 0.5) is 11.5 Å². The van der Waals surface area contributed by atoms with E-state index in [0.29, 0.717) is 22.6 Å². The topological polar surface area (TPSA) is 64.8 Å². The molecule has 2 heterocycles. The Morgan fingerprint density at radius 1 is 1.26 bits per heavy atom. The van der Waals surface area contributed by atoms with Crippen molar-refractivity contribution in [3.8, 4) is 6.07 Å². The highest BCUT2D eigenvalue weighted by molar-refractivity contribution is 6.29. The first kappa shape index (κ1) is 15.6. The second-order valence-corrected chi connectivity index (χ2v) is 6.05. The quantitative estimate of drug-likeness (QED) is 0.875. The minimum atomic E-state index is 0.360. The molecule has 1 saturated heterocycles. The van der Waals surface area contributed by atoms with Gasteiger partial charge in [-0.25, -0.2) is 9.97 Å². The molecule has 1 aliphatic rings. The second kappa shape index (κ2) is 6.84.